The van der Waals surface area contributed by atoms with Gasteiger partial charge in [-0.05, 0) is 19.3 Å². The molecule has 1 aliphatic heterocycles. The first kappa shape index (κ1) is 9.43. The summed E-state index contributed by atoms with van der Waals surface area (Å²) in [7, 11) is 0. The minimum atomic E-state index is -0.369. The lowest BCUT2D eigenvalue weighted by Gasteiger charge is -2.40. The molecule has 0 aromatic rings. The Hall–Kier alpha value is -0.130. The van der Waals surface area contributed by atoms with Crippen LogP contribution in [0.3, 0.4) is 0 Å². The Morgan fingerprint density at radius 1 is 1.46 bits per heavy atom. The molecular formula is C8H14BrN3O. The fourth-order valence-corrected chi connectivity index (χ4v) is 2.82. The van der Waals surface area contributed by atoms with E-state index < -0.39 is 0 Å². The summed E-state index contributed by atoms with van der Waals surface area (Å²) in [4.78, 5) is 12.0. The van der Waals surface area contributed by atoms with Gasteiger partial charge in [-0.2, -0.15) is 0 Å². The van der Waals surface area contributed by atoms with Crippen molar-refractivity contribution in [3.05, 3.63) is 0 Å². The Morgan fingerprint density at radius 2 is 2.23 bits per heavy atom. The number of carbonyl (C=O) groups excluding carboxylic acids is 1. The molecule has 1 heterocycles. The molecule has 0 aromatic carbocycles. The highest BCUT2D eigenvalue weighted by Crippen LogP contribution is 2.30. The lowest BCUT2D eigenvalue weighted by atomic mass is 9.82. The van der Waals surface area contributed by atoms with Crippen LogP contribution in [0.15, 0.2) is 0 Å². The van der Waals surface area contributed by atoms with Crippen LogP contribution in [0.1, 0.15) is 19.3 Å². The molecule has 0 aromatic heterocycles. The van der Waals surface area contributed by atoms with Crippen molar-refractivity contribution >= 4 is 21.8 Å². The summed E-state index contributed by atoms with van der Waals surface area (Å²) in [6.07, 6.45) is 2.65. The number of carbonyl (C=O) groups is 1. The second kappa shape index (κ2) is 3.55. The number of hydrogen-bond donors (Lipinski definition) is 3. The molecule has 0 radical (unpaired) electrons. The first-order valence-corrected chi connectivity index (χ1v) is 5.54. The summed E-state index contributed by atoms with van der Waals surface area (Å²) in [5, 5.41) is 5.90. The van der Waals surface area contributed by atoms with Crippen LogP contribution in [0, 0.1) is 5.92 Å². The molecule has 5 heteroatoms. The third-order valence-electron chi connectivity index (χ3n) is 2.81. The molecule has 0 bridgehead atoms. The van der Waals surface area contributed by atoms with E-state index in [1.165, 1.54) is 0 Å². The zero-order valence-corrected chi connectivity index (χ0v) is 8.88. The summed E-state index contributed by atoms with van der Waals surface area (Å²) in [5.41, 5.74) is 5.62. The molecule has 1 amide bonds. The average Bonchev–Trinajstić information content (AvgIpc) is 2.02. The zero-order chi connectivity index (χ0) is 9.42. The fourth-order valence-electron chi connectivity index (χ4n) is 2.15. The van der Waals surface area contributed by atoms with Gasteiger partial charge in [0.05, 0.1) is 5.92 Å². The van der Waals surface area contributed by atoms with Crippen LogP contribution in [0.5, 0.6) is 0 Å². The van der Waals surface area contributed by atoms with Crippen molar-refractivity contribution in [1.82, 2.24) is 10.6 Å². The third kappa shape index (κ3) is 1.87. The van der Waals surface area contributed by atoms with Crippen LogP contribution >= 0.6 is 15.9 Å². The average molecular weight is 248 g/mol. The second-order valence-corrected chi connectivity index (χ2v) is 5.07. The van der Waals surface area contributed by atoms with Crippen LogP contribution < -0.4 is 16.4 Å². The SMILES string of the molecule is NC1NC(=O)C2CCC(Br)CC2N1. The van der Waals surface area contributed by atoms with Crippen LogP contribution in [-0.4, -0.2) is 23.1 Å². The standard InChI is InChI=1S/C8H14BrN3O/c9-4-1-2-5-6(3-4)11-8(10)12-7(5)13/h4-6,8,11H,1-3,10H2,(H,12,13). The van der Waals surface area contributed by atoms with Gasteiger partial charge >= 0.3 is 0 Å². The molecule has 13 heavy (non-hydrogen) atoms. The number of nitrogens with one attached hydrogen (secondary N) is 2. The van der Waals surface area contributed by atoms with Crippen LogP contribution in [-0.2, 0) is 4.79 Å². The molecule has 1 saturated heterocycles. The fraction of sp³-hybridized carbons (Fsp3) is 0.875. The summed E-state index contributed by atoms with van der Waals surface area (Å²) in [5.74, 6) is 0.226. The van der Waals surface area contributed by atoms with Gasteiger partial charge < -0.3 is 5.32 Å². The Balaban J connectivity index is 2.06. The van der Waals surface area contributed by atoms with E-state index in [2.05, 4.69) is 26.6 Å². The monoisotopic (exact) mass is 247 g/mol. The van der Waals surface area contributed by atoms with E-state index in [-0.39, 0.29) is 24.2 Å². The van der Waals surface area contributed by atoms with Crippen molar-refractivity contribution in [3.8, 4) is 0 Å². The highest BCUT2D eigenvalue weighted by molar-refractivity contribution is 9.09. The maximum atomic E-state index is 11.5. The van der Waals surface area contributed by atoms with Crippen molar-refractivity contribution in [2.75, 3.05) is 0 Å². The van der Waals surface area contributed by atoms with Crippen molar-refractivity contribution in [2.24, 2.45) is 11.7 Å². The van der Waals surface area contributed by atoms with Crippen molar-refractivity contribution in [3.63, 3.8) is 0 Å². The van der Waals surface area contributed by atoms with Gasteiger partial charge in [0.25, 0.3) is 0 Å². The van der Waals surface area contributed by atoms with E-state index in [1.807, 2.05) is 0 Å². The van der Waals surface area contributed by atoms with Crippen molar-refractivity contribution < 1.29 is 4.79 Å². The lowest BCUT2D eigenvalue weighted by molar-refractivity contribution is -0.130. The molecule has 4 nitrogen and oxygen atoms in total. The van der Waals surface area contributed by atoms with E-state index in [4.69, 9.17) is 5.73 Å². The topological polar surface area (TPSA) is 67.1 Å². The van der Waals surface area contributed by atoms with E-state index in [1.54, 1.807) is 0 Å². The van der Waals surface area contributed by atoms with E-state index in [9.17, 15) is 4.79 Å². The number of halogens is 1. The van der Waals surface area contributed by atoms with Crippen LogP contribution in [0.25, 0.3) is 0 Å². The molecule has 2 fully saturated rings. The predicted octanol–water partition coefficient (Wildman–Crippen LogP) is -0.120. The molecule has 4 N–H and O–H groups in total. The predicted molar refractivity (Wildman–Crippen MR) is 53.1 cm³/mol. The number of hydrogen-bond acceptors (Lipinski definition) is 3. The molecular weight excluding hydrogens is 234 g/mol. The van der Waals surface area contributed by atoms with Gasteiger partial charge in [-0.3, -0.25) is 15.8 Å². The second-order valence-electron chi connectivity index (χ2n) is 3.78. The lowest BCUT2D eigenvalue weighted by Crippen LogP contribution is -2.66. The smallest absolute Gasteiger partial charge is 0.226 e. The van der Waals surface area contributed by atoms with Gasteiger partial charge in [0.1, 0.15) is 6.29 Å². The molecule has 0 spiro atoms. The number of nitrogens with two attached hydrogens (primary N) is 1. The van der Waals surface area contributed by atoms with Gasteiger partial charge in [0.2, 0.25) is 5.91 Å². The summed E-state index contributed by atoms with van der Waals surface area (Å²) in [6.45, 7) is 0. The maximum Gasteiger partial charge on any atom is 0.226 e. The first-order valence-electron chi connectivity index (χ1n) is 4.63. The van der Waals surface area contributed by atoms with Crippen molar-refractivity contribution in [1.29, 1.82) is 0 Å². The molecule has 2 rings (SSSR count). The Kier molecular flexibility index (Phi) is 2.58. The molecule has 74 valence electrons. The van der Waals surface area contributed by atoms with Gasteiger partial charge in [-0.15, -0.1) is 0 Å². The quantitative estimate of drug-likeness (QED) is 0.523. The number of fused-ring (bicyclic) bond motifs is 1. The largest absolute Gasteiger partial charge is 0.328 e. The molecule has 4 atom stereocenters. The first-order chi connectivity index (χ1) is 6.16. The highest BCUT2D eigenvalue weighted by Gasteiger charge is 2.38. The Labute approximate surface area is 85.8 Å². The van der Waals surface area contributed by atoms with Gasteiger partial charge in [0.15, 0.2) is 0 Å². The van der Waals surface area contributed by atoms with Gasteiger partial charge in [-0.25, -0.2) is 0 Å². The van der Waals surface area contributed by atoms with Crippen molar-refractivity contribution in [2.45, 2.75) is 36.4 Å². The highest BCUT2D eigenvalue weighted by atomic mass is 79.9. The molecule has 1 aliphatic carbocycles. The van der Waals surface area contributed by atoms with Gasteiger partial charge in [0, 0.05) is 10.9 Å². The van der Waals surface area contributed by atoms with Crippen LogP contribution in [0.2, 0.25) is 0 Å². The number of alkyl halides is 1. The number of rotatable bonds is 0. The van der Waals surface area contributed by atoms with Crippen LogP contribution in [0.4, 0.5) is 0 Å². The van der Waals surface area contributed by atoms with E-state index in [0.717, 1.165) is 19.3 Å². The minimum absolute atomic E-state index is 0.107. The van der Waals surface area contributed by atoms with E-state index >= 15 is 0 Å². The number of amides is 1. The maximum absolute atomic E-state index is 11.5. The van der Waals surface area contributed by atoms with E-state index in [0.29, 0.717) is 4.83 Å². The summed E-state index contributed by atoms with van der Waals surface area (Å²) in [6, 6.07) is 0.252. The molecule has 4 unspecified atom stereocenters. The third-order valence-corrected chi connectivity index (χ3v) is 3.65. The normalized spacial score (nSPS) is 45.2. The van der Waals surface area contributed by atoms with Gasteiger partial charge in [-0.1, -0.05) is 15.9 Å². The molecule has 2 aliphatic rings. The molecule has 1 saturated carbocycles. The summed E-state index contributed by atoms with van der Waals surface area (Å²) >= 11 is 3.58. The Bertz CT molecular complexity index is 221. The minimum Gasteiger partial charge on any atom is -0.328 e. The Morgan fingerprint density at radius 3 is 3.00 bits per heavy atom. The summed E-state index contributed by atoms with van der Waals surface area (Å²) < 4.78 is 0. The zero-order valence-electron chi connectivity index (χ0n) is 7.29.